The van der Waals surface area contributed by atoms with E-state index in [4.69, 9.17) is 9.16 Å². The summed E-state index contributed by atoms with van der Waals surface area (Å²) in [5, 5.41) is 2.08. The van der Waals surface area contributed by atoms with Crippen LogP contribution in [0.3, 0.4) is 0 Å². The zero-order valence-corrected chi connectivity index (χ0v) is 20.7. The molecule has 0 radical (unpaired) electrons. The van der Waals surface area contributed by atoms with Crippen LogP contribution in [-0.4, -0.2) is 25.2 Å². The van der Waals surface area contributed by atoms with Gasteiger partial charge in [-0.05, 0) is 47.8 Å². The predicted molar refractivity (Wildman–Crippen MR) is 130 cm³/mol. The van der Waals surface area contributed by atoms with Crippen LogP contribution in [0.5, 0.6) is 5.75 Å². The van der Waals surface area contributed by atoms with E-state index in [1.807, 2.05) is 42.5 Å². The van der Waals surface area contributed by atoms with Crippen molar-refractivity contribution < 1.29 is 9.16 Å². The van der Waals surface area contributed by atoms with Gasteiger partial charge in [0.2, 0.25) is 5.56 Å². The molecule has 0 aliphatic heterocycles. The zero-order chi connectivity index (χ0) is 21.8. The Bertz CT molecular complexity index is 1050. The molecular formula is C24H30BrNO3Si. The molecule has 1 heterocycles. The smallest absolute Gasteiger partial charge is 0.248 e. The van der Waals surface area contributed by atoms with Crippen LogP contribution in [0.2, 0.25) is 18.1 Å². The van der Waals surface area contributed by atoms with E-state index >= 15 is 0 Å². The van der Waals surface area contributed by atoms with Gasteiger partial charge in [-0.25, -0.2) is 0 Å². The van der Waals surface area contributed by atoms with E-state index in [0.717, 1.165) is 33.8 Å². The van der Waals surface area contributed by atoms with Crippen LogP contribution in [0.15, 0.2) is 59.4 Å². The van der Waals surface area contributed by atoms with Crippen molar-refractivity contribution in [1.82, 2.24) is 4.98 Å². The number of aromatic nitrogens is 1. The number of aromatic amines is 1. The molecule has 1 N–H and O–H groups in total. The summed E-state index contributed by atoms with van der Waals surface area (Å²) in [5.74, 6) is 0.686. The third-order valence-electron chi connectivity index (χ3n) is 5.98. The number of fused-ring (bicyclic) bond motifs is 1. The fourth-order valence-corrected chi connectivity index (χ4v) is 6.48. The molecule has 0 aliphatic carbocycles. The van der Waals surface area contributed by atoms with Gasteiger partial charge in [-0.15, -0.1) is 0 Å². The van der Waals surface area contributed by atoms with Crippen LogP contribution < -0.4 is 10.3 Å². The molecule has 1 aromatic heterocycles. The number of ether oxygens (including phenoxy) is 1. The summed E-state index contributed by atoms with van der Waals surface area (Å²) >= 11 is 3.63. The van der Waals surface area contributed by atoms with Gasteiger partial charge in [-0.1, -0.05) is 66.2 Å². The minimum atomic E-state index is -1.85. The van der Waals surface area contributed by atoms with Crippen LogP contribution in [0.4, 0.5) is 0 Å². The average molecular weight is 488 g/mol. The number of hydrogen-bond donors (Lipinski definition) is 1. The first kappa shape index (κ1) is 22.8. The van der Waals surface area contributed by atoms with Gasteiger partial charge in [-0.3, -0.25) is 4.79 Å². The summed E-state index contributed by atoms with van der Waals surface area (Å²) in [6.07, 6.45) is 0.788. The topological polar surface area (TPSA) is 51.3 Å². The molecule has 0 bridgehead atoms. The quantitative estimate of drug-likeness (QED) is 0.295. The van der Waals surface area contributed by atoms with Gasteiger partial charge in [0.25, 0.3) is 0 Å². The van der Waals surface area contributed by atoms with Crippen LogP contribution in [0, 0.1) is 0 Å². The molecule has 3 aromatic rings. The van der Waals surface area contributed by atoms with Crippen molar-refractivity contribution in [3.8, 4) is 5.75 Å². The first-order valence-electron chi connectivity index (χ1n) is 10.2. The van der Waals surface area contributed by atoms with Crippen molar-refractivity contribution in [3.63, 3.8) is 0 Å². The molecule has 4 nitrogen and oxygen atoms in total. The Balaban J connectivity index is 1.79. The number of pyridine rings is 1. The molecule has 0 saturated heterocycles. The Morgan fingerprint density at radius 1 is 1.03 bits per heavy atom. The standard InChI is InChI=1S/C24H30BrNO3Si/c1-24(2,17-25)30(3,4)29-15-14-19-10-12-21(23-20(19)11-13-22(27)26-23)28-16-18-8-6-5-7-9-18/h5-13H,14-17H2,1-4H3,(H,26,27). The van der Waals surface area contributed by atoms with E-state index in [0.29, 0.717) is 19.0 Å². The third-order valence-corrected chi connectivity index (χ3v) is 12.3. The normalized spacial score (nSPS) is 12.3. The number of rotatable bonds is 9. The Labute approximate surface area is 187 Å². The largest absolute Gasteiger partial charge is 0.487 e. The zero-order valence-electron chi connectivity index (χ0n) is 18.1. The molecule has 0 saturated carbocycles. The summed E-state index contributed by atoms with van der Waals surface area (Å²) in [7, 11) is -1.85. The van der Waals surface area contributed by atoms with Crippen molar-refractivity contribution in [3.05, 3.63) is 76.1 Å². The fraction of sp³-hybridized carbons (Fsp3) is 0.375. The van der Waals surface area contributed by atoms with Gasteiger partial charge in [0.15, 0.2) is 8.32 Å². The van der Waals surface area contributed by atoms with E-state index in [2.05, 4.69) is 53.9 Å². The molecular weight excluding hydrogens is 458 g/mol. The molecule has 3 rings (SSSR count). The van der Waals surface area contributed by atoms with E-state index in [9.17, 15) is 4.79 Å². The number of benzene rings is 2. The van der Waals surface area contributed by atoms with Gasteiger partial charge in [-0.2, -0.15) is 0 Å². The molecule has 160 valence electrons. The maximum absolute atomic E-state index is 12.0. The van der Waals surface area contributed by atoms with Crippen molar-refractivity contribution in [2.24, 2.45) is 0 Å². The Morgan fingerprint density at radius 3 is 2.47 bits per heavy atom. The van der Waals surface area contributed by atoms with Gasteiger partial charge < -0.3 is 14.1 Å². The summed E-state index contributed by atoms with van der Waals surface area (Å²) in [6, 6.07) is 17.5. The molecule has 30 heavy (non-hydrogen) atoms. The highest BCUT2D eigenvalue weighted by Gasteiger charge is 2.40. The highest BCUT2D eigenvalue weighted by atomic mass is 79.9. The Morgan fingerprint density at radius 2 is 1.77 bits per heavy atom. The fourth-order valence-electron chi connectivity index (χ4n) is 3.13. The molecule has 0 atom stereocenters. The lowest BCUT2D eigenvalue weighted by Gasteiger charge is -2.38. The van der Waals surface area contributed by atoms with Crippen LogP contribution in [-0.2, 0) is 17.5 Å². The predicted octanol–water partition coefficient (Wildman–Crippen LogP) is 6.05. The highest BCUT2D eigenvalue weighted by Crippen LogP contribution is 2.39. The summed E-state index contributed by atoms with van der Waals surface area (Å²) in [6.45, 7) is 10.2. The van der Waals surface area contributed by atoms with Crippen molar-refractivity contribution in [1.29, 1.82) is 0 Å². The molecule has 0 amide bonds. The van der Waals surface area contributed by atoms with E-state index < -0.39 is 8.32 Å². The maximum Gasteiger partial charge on any atom is 0.248 e. The molecule has 0 unspecified atom stereocenters. The highest BCUT2D eigenvalue weighted by molar-refractivity contribution is 9.09. The minimum Gasteiger partial charge on any atom is -0.487 e. The van der Waals surface area contributed by atoms with Crippen molar-refractivity contribution >= 4 is 35.2 Å². The van der Waals surface area contributed by atoms with E-state index in [-0.39, 0.29) is 10.6 Å². The number of halogens is 1. The van der Waals surface area contributed by atoms with Crippen molar-refractivity contribution in [2.75, 3.05) is 11.9 Å². The van der Waals surface area contributed by atoms with Crippen LogP contribution >= 0.6 is 15.9 Å². The lowest BCUT2D eigenvalue weighted by molar-refractivity contribution is 0.293. The lowest BCUT2D eigenvalue weighted by Crippen LogP contribution is -2.43. The first-order chi connectivity index (χ1) is 14.2. The molecule has 6 heteroatoms. The average Bonchev–Trinajstić information content (AvgIpc) is 2.73. The molecule has 0 aliphatic rings. The van der Waals surface area contributed by atoms with E-state index in [1.165, 1.54) is 0 Å². The van der Waals surface area contributed by atoms with Gasteiger partial charge in [0.05, 0.1) is 5.52 Å². The third kappa shape index (κ3) is 5.23. The number of hydrogen-bond acceptors (Lipinski definition) is 3. The second-order valence-corrected chi connectivity index (χ2v) is 14.0. The maximum atomic E-state index is 12.0. The second-order valence-electron chi connectivity index (χ2n) is 8.73. The van der Waals surface area contributed by atoms with Gasteiger partial charge in [0, 0.05) is 23.4 Å². The molecule has 0 spiro atoms. The second kappa shape index (κ2) is 9.50. The Hall–Kier alpha value is -1.89. The van der Waals surface area contributed by atoms with Crippen LogP contribution in [0.25, 0.3) is 10.9 Å². The van der Waals surface area contributed by atoms with Gasteiger partial charge >= 0.3 is 0 Å². The van der Waals surface area contributed by atoms with Crippen LogP contribution in [0.1, 0.15) is 25.0 Å². The Kier molecular flexibility index (Phi) is 7.21. The van der Waals surface area contributed by atoms with Gasteiger partial charge in [0.1, 0.15) is 12.4 Å². The summed E-state index contributed by atoms with van der Waals surface area (Å²) in [4.78, 5) is 14.9. The summed E-state index contributed by atoms with van der Waals surface area (Å²) < 4.78 is 12.4. The SMILES string of the molecule is CC(C)(CBr)[Si](C)(C)OCCc1ccc(OCc2ccccc2)c2[nH]c(=O)ccc12. The molecule has 0 fully saturated rings. The number of nitrogens with one attached hydrogen (secondary N) is 1. The summed E-state index contributed by atoms with van der Waals surface area (Å²) in [5.41, 5.74) is 2.85. The number of alkyl halides is 1. The monoisotopic (exact) mass is 487 g/mol. The van der Waals surface area contributed by atoms with Crippen molar-refractivity contribution in [2.45, 2.75) is 45.0 Å². The lowest BCUT2D eigenvalue weighted by atomic mass is 10.1. The first-order valence-corrected chi connectivity index (χ1v) is 14.3. The number of H-pyrrole nitrogens is 1. The minimum absolute atomic E-state index is 0.131. The van der Waals surface area contributed by atoms with E-state index in [1.54, 1.807) is 6.07 Å². The molecule has 2 aromatic carbocycles.